The Morgan fingerprint density at radius 3 is 1.88 bits per heavy atom. The number of hydrogen-bond acceptors (Lipinski definition) is 2. The summed E-state index contributed by atoms with van der Waals surface area (Å²) in [7, 11) is 0. The van der Waals surface area contributed by atoms with Crippen LogP contribution < -0.4 is 4.74 Å². The van der Waals surface area contributed by atoms with Crippen LogP contribution in [-0.4, -0.2) is 6.36 Å². The van der Waals surface area contributed by atoms with Gasteiger partial charge in [0.05, 0.1) is 0 Å². The third-order valence-corrected chi connectivity index (χ3v) is 7.39. The minimum atomic E-state index is -4.65. The zero-order chi connectivity index (χ0) is 23.0. The van der Waals surface area contributed by atoms with Crippen LogP contribution >= 0.6 is 0 Å². The number of nitrogens with zero attached hydrogens (tertiary/aromatic N) is 1. The van der Waals surface area contributed by atoms with Crippen molar-refractivity contribution >= 4 is 0 Å². The molecule has 32 heavy (non-hydrogen) atoms. The van der Waals surface area contributed by atoms with E-state index in [9.17, 15) is 17.6 Å². The van der Waals surface area contributed by atoms with Gasteiger partial charge in [0.15, 0.2) is 5.83 Å². The van der Waals surface area contributed by atoms with Crippen LogP contribution in [0.3, 0.4) is 0 Å². The third-order valence-electron chi connectivity index (χ3n) is 7.39. The zero-order valence-electron chi connectivity index (χ0n) is 18.5. The van der Waals surface area contributed by atoms with Crippen molar-refractivity contribution in [2.45, 2.75) is 89.3 Å². The van der Waals surface area contributed by atoms with Crippen LogP contribution in [-0.2, 0) is 0 Å². The Balaban J connectivity index is 1.32. The first-order chi connectivity index (χ1) is 15.3. The Labute approximate surface area is 188 Å². The lowest BCUT2D eigenvalue weighted by Crippen LogP contribution is -2.18. The Morgan fingerprint density at radius 1 is 0.875 bits per heavy atom. The van der Waals surface area contributed by atoms with Crippen molar-refractivity contribution in [2.75, 3.05) is 0 Å². The van der Waals surface area contributed by atoms with E-state index in [1.54, 1.807) is 12.1 Å². The molecule has 0 atom stereocenters. The van der Waals surface area contributed by atoms with Gasteiger partial charge in [0.1, 0.15) is 11.8 Å². The number of alkyl halides is 3. The molecule has 0 unspecified atom stereocenters. The lowest BCUT2D eigenvalue weighted by atomic mass is 9.74. The molecule has 2 aliphatic carbocycles. The van der Waals surface area contributed by atoms with Crippen LogP contribution in [0.25, 0.3) is 0 Å². The van der Waals surface area contributed by atoms with Gasteiger partial charge in [-0.3, -0.25) is 0 Å². The van der Waals surface area contributed by atoms with Gasteiger partial charge in [-0.05, 0) is 86.0 Å². The van der Waals surface area contributed by atoms with Crippen molar-refractivity contribution in [3.63, 3.8) is 0 Å². The first-order valence-corrected chi connectivity index (χ1v) is 11.9. The second kappa shape index (κ2) is 11.7. The normalized spacial score (nSPS) is 27.0. The fraction of sp³-hybridized carbons (Fsp3) is 0.654. The fourth-order valence-corrected chi connectivity index (χ4v) is 5.50. The summed E-state index contributed by atoms with van der Waals surface area (Å²) in [6, 6.07) is 7.91. The molecule has 3 rings (SSSR count). The van der Waals surface area contributed by atoms with E-state index in [1.165, 1.54) is 75.6 Å². The van der Waals surface area contributed by atoms with Crippen LogP contribution in [0, 0.1) is 29.1 Å². The van der Waals surface area contributed by atoms with Gasteiger partial charge in [0.2, 0.25) is 0 Å². The van der Waals surface area contributed by atoms with Crippen molar-refractivity contribution in [2.24, 2.45) is 17.8 Å². The summed E-state index contributed by atoms with van der Waals surface area (Å²) in [5.74, 6) is 1.84. The molecule has 0 saturated heterocycles. The fourth-order valence-electron chi connectivity index (χ4n) is 5.50. The molecule has 2 aliphatic rings. The van der Waals surface area contributed by atoms with Gasteiger partial charge in [-0.2, -0.15) is 9.65 Å². The molecule has 0 radical (unpaired) electrons. The van der Waals surface area contributed by atoms with Gasteiger partial charge in [-0.25, -0.2) is 0 Å². The van der Waals surface area contributed by atoms with Crippen LogP contribution in [0.5, 0.6) is 5.75 Å². The minimum absolute atomic E-state index is 0.157. The predicted octanol–water partition coefficient (Wildman–Crippen LogP) is 8.60. The van der Waals surface area contributed by atoms with E-state index in [-0.39, 0.29) is 5.75 Å². The summed E-state index contributed by atoms with van der Waals surface area (Å²) in [5.41, 5.74) is 1.11. The van der Waals surface area contributed by atoms with Gasteiger partial charge in [0.25, 0.3) is 0 Å². The number of allylic oxidation sites excluding steroid dienone is 2. The van der Waals surface area contributed by atoms with Crippen molar-refractivity contribution in [1.82, 2.24) is 0 Å². The highest BCUT2D eigenvalue weighted by molar-refractivity contribution is 5.29. The number of hydrogen-bond donors (Lipinski definition) is 0. The van der Waals surface area contributed by atoms with Gasteiger partial charge in [-0.15, -0.1) is 13.2 Å². The van der Waals surface area contributed by atoms with Gasteiger partial charge in [-0.1, -0.05) is 50.7 Å². The Morgan fingerprint density at radius 2 is 1.38 bits per heavy atom. The highest BCUT2D eigenvalue weighted by atomic mass is 19.4. The summed E-state index contributed by atoms with van der Waals surface area (Å²) < 4.78 is 53.8. The monoisotopic (exact) mass is 451 g/mol. The van der Waals surface area contributed by atoms with E-state index >= 15 is 0 Å². The molecule has 0 amide bonds. The third kappa shape index (κ3) is 8.15. The average Bonchev–Trinajstić information content (AvgIpc) is 2.78. The van der Waals surface area contributed by atoms with E-state index in [0.29, 0.717) is 18.3 Å². The zero-order valence-corrected chi connectivity index (χ0v) is 18.5. The molecule has 0 N–H and O–H groups in total. The Hall–Kier alpha value is -2.03. The molecule has 0 heterocycles. The summed E-state index contributed by atoms with van der Waals surface area (Å²) >= 11 is 0. The second-order valence-corrected chi connectivity index (χ2v) is 9.54. The predicted molar refractivity (Wildman–Crippen MR) is 117 cm³/mol. The smallest absolute Gasteiger partial charge is 0.406 e. The summed E-state index contributed by atoms with van der Waals surface area (Å²) in [5, 5.41) is 8.46. The summed E-state index contributed by atoms with van der Waals surface area (Å²) in [6.45, 7) is 0. The SMILES string of the molecule is N#C/C(F)=C/CC[C@H]1CC[C@H](CC[C@H]2CC[C@H](c3ccc(OC(F)(F)F)cc3)CC2)CC1. The largest absolute Gasteiger partial charge is 0.573 e. The molecule has 176 valence electrons. The number of ether oxygens (including phenoxy) is 1. The molecule has 6 heteroatoms. The maximum absolute atomic E-state index is 12.9. The maximum atomic E-state index is 12.9. The minimum Gasteiger partial charge on any atom is -0.406 e. The van der Waals surface area contributed by atoms with Gasteiger partial charge < -0.3 is 4.74 Å². The van der Waals surface area contributed by atoms with Crippen LogP contribution in [0.2, 0.25) is 0 Å². The molecule has 0 aliphatic heterocycles. The lowest BCUT2D eigenvalue weighted by molar-refractivity contribution is -0.274. The van der Waals surface area contributed by atoms with Crippen LogP contribution in [0.4, 0.5) is 17.6 Å². The van der Waals surface area contributed by atoms with Crippen LogP contribution in [0.1, 0.15) is 88.5 Å². The average molecular weight is 452 g/mol. The van der Waals surface area contributed by atoms with Crippen molar-refractivity contribution in [1.29, 1.82) is 5.26 Å². The molecular weight excluding hydrogens is 418 g/mol. The van der Waals surface area contributed by atoms with Crippen molar-refractivity contribution in [3.8, 4) is 11.8 Å². The molecule has 0 aromatic heterocycles. The van der Waals surface area contributed by atoms with E-state index in [4.69, 9.17) is 5.26 Å². The maximum Gasteiger partial charge on any atom is 0.573 e. The highest BCUT2D eigenvalue weighted by Gasteiger charge is 2.31. The Kier molecular flexibility index (Phi) is 9.02. The Bertz CT molecular complexity index is 765. The number of rotatable bonds is 8. The first-order valence-electron chi connectivity index (χ1n) is 11.9. The summed E-state index contributed by atoms with van der Waals surface area (Å²) in [4.78, 5) is 0. The van der Waals surface area contributed by atoms with Gasteiger partial charge in [0, 0.05) is 0 Å². The van der Waals surface area contributed by atoms with E-state index < -0.39 is 12.2 Å². The van der Waals surface area contributed by atoms with E-state index in [0.717, 1.165) is 36.7 Å². The van der Waals surface area contributed by atoms with E-state index in [2.05, 4.69) is 4.74 Å². The molecule has 2 nitrogen and oxygen atoms in total. The van der Waals surface area contributed by atoms with Crippen LogP contribution in [0.15, 0.2) is 36.2 Å². The molecule has 1 aromatic carbocycles. The molecule has 2 saturated carbocycles. The topological polar surface area (TPSA) is 33.0 Å². The molecule has 0 bridgehead atoms. The van der Waals surface area contributed by atoms with Crippen molar-refractivity contribution in [3.05, 3.63) is 41.7 Å². The molecular formula is C26H33F4NO. The first kappa shape index (κ1) is 24.6. The molecule has 1 aromatic rings. The van der Waals surface area contributed by atoms with Crippen molar-refractivity contribution < 1.29 is 22.3 Å². The van der Waals surface area contributed by atoms with Gasteiger partial charge >= 0.3 is 6.36 Å². The second-order valence-electron chi connectivity index (χ2n) is 9.54. The summed E-state index contributed by atoms with van der Waals surface area (Å²) in [6.07, 6.45) is 10.5. The standard InChI is InChI=1S/C26H33F4NO/c27-24(18-31)3-1-2-19-4-6-20(7-5-19)8-9-21-10-12-22(13-11-21)23-14-16-25(17-15-23)32-26(28,29)30/h3,14-17,19-22H,1-2,4-13H2/b24-3-/t19-,20-,21-,22-. The molecule has 2 fully saturated rings. The molecule has 0 spiro atoms. The number of nitriles is 1. The van der Waals surface area contributed by atoms with E-state index in [1.807, 2.05) is 0 Å². The number of halogens is 4. The number of benzene rings is 1. The highest BCUT2D eigenvalue weighted by Crippen LogP contribution is 2.40. The quantitative estimate of drug-likeness (QED) is 0.293. The lowest BCUT2D eigenvalue weighted by Gasteiger charge is -2.32.